The molecule has 2 atom stereocenters. The molecule has 13 heavy (non-hydrogen) atoms. The van der Waals surface area contributed by atoms with Crippen LogP contribution in [0.5, 0.6) is 0 Å². The van der Waals surface area contributed by atoms with Crippen LogP contribution in [0.3, 0.4) is 0 Å². The van der Waals surface area contributed by atoms with Gasteiger partial charge in [-0.25, -0.2) is 0 Å². The fourth-order valence-corrected chi connectivity index (χ4v) is 1.78. The van der Waals surface area contributed by atoms with Crippen molar-refractivity contribution in [2.75, 3.05) is 0 Å². The SMILES string of the molecule is C/C(C=O)=C/C1C(C(=O)O)C1(C)C. The van der Waals surface area contributed by atoms with Gasteiger partial charge >= 0.3 is 5.97 Å². The third kappa shape index (κ3) is 1.64. The highest BCUT2D eigenvalue weighted by atomic mass is 16.4. The Hall–Kier alpha value is -1.12. The number of carbonyl (C=O) groups excluding carboxylic acids is 1. The molecule has 1 N–H and O–H groups in total. The van der Waals surface area contributed by atoms with E-state index in [0.29, 0.717) is 5.57 Å². The van der Waals surface area contributed by atoms with Crippen LogP contribution in [0.15, 0.2) is 11.6 Å². The summed E-state index contributed by atoms with van der Waals surface area (Å²) in [6, 6.07) is 0. The Morgan fingerprint density at radius 3 is 2.31 bits per heavy atom. The van der Waals surface area contributed by atoms with Gasteiger partial charge in [-0.15, -0.1) is 0 Å². The third-order valence-electron chi connectivity index (χ3n) is 2.81. The minimum absolute atomic E-state index is 0.00944. The lowest BCUT2D eigenvalue weighted by atomic mass is 10.1. The van der Waals surface area contributed by atoms with Crippen molar-refractivity contribution >= 4 is 12.3 Å². The molecular formula is C10H14O3. The molecule has 0 aromatic rings. The number of hydrogen-bond donors (Lipinski definition) is 1. The zero-order valence-corrected chi connectivity index (χ0v) is 8.07. The van der Waals surface area contributed by atoms with Crippen molar-refractivity contribution in [2.24, 2.45) is 17.3 Å². The zero-order chi connectivity index (χ0) is 10.2. The molecule has 1 aliphatic carbocycles. The molecule has 0 bridgehead atoms. The summed E-state index contributed by atoms with van der Waals surface area (Å²) >= 11 is 0. The Balaban J connectivity index is 2.77. The van der Waals surface area contributed by atoms with E-state index in [0.717, 1.165) is 6.29 Å². The molecule has 0 aromatic heterocycles. The van der Waals surface area contributed by atoms with Crippen molar-refractivity contribution in [1.82, 2.24) is 0 Å². The van der Waals surface area contributed by atoms with Crippen molar-refractivity contribution in [3.05, 3.63) is 11.6 Å². The summed E-state index contributed by atoms with van der Waals surface area (Å²) in [7, 11) is 0. The highest BCUT2D eigenvalue weighted by molar-refractivity contribution is 5.78. The van der Waals surface area contributed by atoms with Crippen LogP contribution in [-0.4, -0.2) is 17.4 Å². The standard InChI is InChI=1S/C10H14O3/c1-6(5-11)4-7-8(9(12)13)10(7,2)3/h4-5,7-8H,1-3H3,(H,12,13)/b6-4-. The zero-order valence-electron chi connectivity index (χ0n) is 8.07. The van der Waals surface area contributed by atoms with Gasteiger partial charge in [0.1, 0.15) is 6.29 Å². The molecule has 0 radical (unpaired) electrons. The maximum atomic E-state index is 10.7. The Labute approximate surface area is 77.4 Å². The second-order valence-corrected chi connectivity index (χ2v) is 4.19. The van der Waals surface area contributed by atoms with E-state index < -0.39 is 5.97 Å². The van der Waals surface area contributed by atoms with Gasteiger partial charge < -0.3 is 5.11 Å². The smallest absolute Gasteiger partial charge is 0.307 e. The fourth-order valence-electron chi connectivity index (χ4n) is 1.78. The number of hydrogen-bond acceptors (Lipinski definition) is 2. The fraction of sp³-hybridized carbons (Fsp3) is 0.600. The van der Waals surface area contributed by atoms with Crippen LogP contribution in [0.25, 0.3) is 0 Å². The van der Waals surface area contributed by atoms with Gasteiger partial charge in [-0.1, -0.05) is 19.9 Å². The average Bonchev–Trinajstić information content (AvgIpc) is 2.53. The van der Waals surface area contributed by atoms with E-state index in [2.05, 4.69) is 0 Å². The lowest BCUT2D eigenvalue weighted by molar-refractivity contribution is -0.139. The molecule has 72 valence electrons. The third-order valence-corrected chi connectivity index (χ3v) is 2.81. The summed E-state index contributed by atoms with van der Waals surface area (Å²) in [6.45, 7) is 5.51. The molecule has 1 fully saturated rings. The molecule has 1 aliphatic rings. The second kappa shape index (κ2) is 2.98. The average molecular weight is 182 g/mol. The number of aldehydes is 1. The molecule has 0 spiro atoms. The normalized spacial score (nSPS) is 31.2. The summed E-state index contributed by atoms with van der Waals surface area (Å²) in [5, 5.41) is 8.83. The second-order valence-electron chi connectivity index (χ2n) is 4.19. The van der Waals surface area contributed by atoms with Crippen LogP contribution in [0, 0.1) is 17.3 Å². The van der Waals surface area contributed by atoms with E-state index in [1.54, 1.807) is 13.0 Å². The maximum Gasteiger partial charge on any atom is 0.307 e. The molecule has 0 heterocycles. The van der Waals surface area contributed by atoms with Gasteiger partial charge in [0.2, 0.25) is 0 Å². The summed E-state index contributed by atoms with van der Waals surface area (Å²) in [5.74, 6) is -1.09. The van der Waals surface area contributed by atoms with Crippen LogP contribution in [0.1, 0.15) is 20.8 Å². The molecule has 0 saturated heterocycles. The van der Waals surface area contributed by atoms with Gasteiger partial charge in [0.25, 0.3) is 0 Å². The first-order valence-electron chi connectivity index (χ1n) is 4.27. The summed E-state index contributed by atoms with van der Waals surface area (Å²) in [6.07, 6.45) is 2.51. The first kappa shape index (κ1) is 9.96. The molecule has 0 aromatic carbocycles. The summed E-state index contributed by atoms with van der Waals surface area (Å²) in [4.78, 5) is 21.1. The molecule has 2 unspecified atom stereocenters. The van der Waals surface area contributed by atoms with E-state index >= 15 is 0 Å². The minimum atomic E-state index is -0.773. The first-order valence-corrected chi connectivity index (χ1v) is 4.27. The number of carbonyl (C=O) groups is 2. The number of aliphatic carboxylic acids is 1. The van der Waals surface area contributed by atoms with Gasteiger partial charge in [-0.05, 0) is 23.8 Å². The maximum absolute atomic E-state index is 10.7. The summed E-state index contributed by atoms with van der Waals surface area (Å²) in [5.41, 5.74) is 0.414. The monoisotopic (exact) mass is 182 g/mol. The van der Waals surface area contributed by atoms with Crippen molar-refractivity contribution in [1.29, 1.82) is 0 Å². The Kier molecular flexibility index (Phi) is 2.28. The number of rotatable bonds is 3. The van der Waals surface area contributed by atoms with Gasteiger partial charge in [0.05, 0.1) is 5.92 Å². The van der Waals surface area contributed by atoms with Crippen molar-refractivity contribution in [3.63, 3.8) is 0 Å². The number of carboxylic acids is 1. The van der Waals surface area contributed by atoms with Crippen LogP contribution >= 0.6 is 0 Å². The van der Waals surface area contributed by atoms with Gasteiger partial charge in [-0.3, -0.25) is 9.59 Å². The largest absolute Gasteiger partial charge is 0.481 e. The Bertz CT molecular complexity index is 276. The Morgan fingerprint density at radius 1 is 1.46 bits per heavy atom. The molecule has 0 aliphatic heterocycles. The van der Waals surface area contributed by atoms with E-state index in [9.17, 15) is 9.59 Å². The van der Waals surface area contributed by atoms with Gasteiger partial charge in [-0.2, -0.15) is 0 Å². The van der Waals surface area contributed by atoms with E-state index in [-0.39, 0.29) is 17.3 Å². The predicted molar refractivity (Wildman–Crippen MR) is 48.2 cm³/mol. The quantitative estimate of drug-likeness (QED) is 0.531. The van der Waals surface area contributed by atoms with E-state index in [4.69, 9.17) is 5.11 Å². The van der Waals surface area contributed by atoms with Crippen LogP contribution in [-0.2, 0) is 9.59 Å². The lowest BCUT2D eigenvalue weighted by Gasteiger charge is -1.96. The molecular weight excluding hydrogens is 168 g/mol. The Morgan fingerprint density at radius 2 is 2.00 bits per heavy atom. The van der Waals surface area contributed by atoms with Crippen molar-refractivity contribution in [2.45, 2.75) is 20.8 Å². The highest BCUT2D eigenvalue weighted by Gasteiger charge is 2.60. The molecule has 1 rings (SSSR count). The molecule has 1 saturated carbocycles. The van der Waals surface area contributed by atoms with Crippen LogP contribution < -0.4 is 0 Å². The molecule has 3 heteroatoms. The number of allylic oxidation sites excluding steroid dienone is 2. The van der Waals surface area contributed by atoms with E-state index in [1.165, 1.54) is 0 Å². The lowest BCUT2D eigenvalue weighted by Crippen LogP contribution is -2.03. The van der Waals surface area contributed by atoms with Gasteiger partial charge in [0.15, 0.2) is 0 Å². The van der Waals surface area contributed by atoms with Gasteiger partial charge in [0, 0.05) is 0 Å². The van der Waals surface area contributed by atoms with Crippen molar-refractivity contribution < 1.29 is 14.7 Å². The highest BCUT2D eigenvalue weighted by Crippen LogP contribution is 2.59. The topological polar surface area (TPSA) is 54.4 Å². The van der Waals surface area contributed by atoms with Crippen LogP contribution in [0.4, 0.5) is 0 Å². The predicted octanol–water partition coefficient (Wildman–Crippen LogP) is 1.49. The number of carboxylic acid groups (broad SMARTS) is 1. The molecule has 0 amide bonds. The van der Waals surface area contributed by atoms with E-state index in [1.807, 2.05) is 13.8 Å². The van der Waals surface area contributed by atoms with Crippen LogP contribution in [0.2, 0.25) is 0 Å². The molecule has 3 nitrogen and oxygen atoms in total. The summed E-state index contributed by atoms with van der Waals surface area (Å²) < 4.78 is 0. The first-order chi connectivity index (χ1) is 5.91. The van der Waals surface area contributed by atoms with Crippen molar-refractivity contribution in [3.8, 4) is 0 Å². The minimum Gasteiger partial charge on any atom is -0.481 e.